The molecule has 2 rings (SSSR count). The first kappa shape index (κ1) is 16.3. The summed E-state index contributed by atoms with van der Waals surface area (Å²) in [4.78, 5) is 27.3. The third kappa shape index (κ3) is 3.58. The second-order valence-electron chi connectivity index (χ2n) is 7.90. The third-order valence-electron chi connectivity index (χ3n) is 4.95. The molecule has 21 heavy (non-hydrogen) atoms. The van der Waals surface area contributed by atoms with Gasteiger partial charge in [-0.15, -0.1) is 0 Å². The van der Waals surface area contributed by atoms with Gasteiger partial charge in [-0.1, -0.05) is 53.9 Å². The second-order valence-corrected chi connectivity index (χ2v) is 7.90. The quantitative estimate of drug-likeness (QED) is 0.847. The van der Waals surface area contributed by atoms with Gasteiger partial charge in [-0.3, -0.25) is 9.59 Å². The number of rotatable bonds is 5. The lowest BCUT2D eigenvalue weighted by molar-refractivity contribution is -0.154. The number of nitrogens with zero attached hydrogens (tertiary/aromatic N) is 1. The number of carbonyl (C=O) groups excluding carboxylic acids is 2. The molecule has 2 aliphatic rings. The van der Waals surface area contributed by atoms with Crippen molar-refractivity contribution in [3.8, 4) is 0 Å². The van der Waals surface area contributed by atoms with E-state index in [2.05, 4.69) is 19.2 Å². The SMILES string of the molecule is CCC(C)C1C(=O)NC(C(C)(C)C)C(=O)N1CCC1CC1. The number of hydrogen-bond donors (Lipinski definition) is 1. The van der Waals surface area contributed by atoms with Gasteiger partial charge in [-0.05, 0) is 23.7 Å². The Morgan fingerprint density at radius 1 is 1.29 bits per heavy atom. The molecule has 0 aromatic carbocycles. The van der Waals surface area contributed by atoms with E-state index in [-0.39, 0.29) is 29.2 Å². The van der Waals surface area contributed by atoms with Gasteiger partial charge in [0.15, 0.2) is 0 Å². The Bertz CT molecular complexity index is 410. The Morgan fingerprint density at radius 3 is 2.38 bits per heavy atom. The molecule has 0 bridgehead atoms. The van der Waals surface area contributed by atoms with E-state index in [9.17, 15) is 9.59 Å². The zero-order valence-corrected chi connectivity index (χ0v) is 14.1. The van der Waals surface area contributed by atoms with Crippen LogP contribution in [-0.4, -0.2) is 35.3 Å². The van der Waals surface area contributed by atoms with E-state index < -0.39 is 6.04 Å². The minimum Gasteiger partial charge on any atom is -0.342 e. The van der Waals surface area contributed by atoms with Crippen molar-refractivity contribution < 1.29 is 9.59 Å². The largest absolute Gasteiger partial charge is 0.342 e. The van der Waals surface area contributed by atoms with Crippen LogP contribution in [-0.2, 0) is 9.59 Å². The number of amides is 2. The van der Waals surface area contributed by atoms with E-state index in [0.29, 0.717) is 0 Å². The van der Waals surface area contributed by atoms with Crippen molar-refractivity contribution in [3.05, 3.63) is 0 Å². The van der Waals surface area contributed by atoms with Gasteiger partial charge >= 0.3 is 0 Å². The van der Waals surface area contributed by atoms with Gasteiger partial charge in [0.05, 0.1) is 0 Å². The molecule has 0 spiro atoms. The Hall–Kier alpha value is -1.06. The summed E-state index contributed by atoms with van der Waals surface area (Å²) in [5, 5.41) is 2.97. The average molecular weight is 294 g/mol. The molecule has 4 heteroatoms. The number of nitrogens with one attached hydrogen (secondary N) is 1. The highest BCUT2D eigenvalue weighted by Crippen LogP contribution is 2.34. The Kier molecular flexibility index (Phi) is 4.64. The van der Waals surface area contributed by atoms with Gasteiger partial charge in [-0.25, -0.2) is 0 Å². The zero-order chi connectivity index (χ0) is 15.8. The summed E-state index contributed by atoms with van der Waals surface area (Å²) < 4.78 is 0. The monoisotopic (exact) mass is 294 g/mol. The van der Waals surface area contributed by atoms with Crippen LogP contribution in [0.2, 0.25) is 0 Å². The predicted octanol–water partition coefficient (Wildman–Crippen LogP) is 2.57. The molecule has 1 saturated heterocycles. The highest BCUT2D eigenvalue weighted by Gasteiger charge is 2.46. The second kappa shape index (κ2) is 5.98. The molecule has 120 valence electrons. The molecule has 1 aliphatic carbocycles. The zero-order valence-electron chi connectivity index (χ0n) is 14.1. The van der Waals surface area contributed by atoms with Gasteiger partial charge in [-0.2, -0.15) is 0 Å². The summed E-state index contributed by atoms with van der Waals surface area (Å²) >= 11 is 0. The van der Waals surface area contributed by atoms with Crippen molar-refractivity contribution in [1.29, 1.82) is 0 Å². The van der Waals surface area contributed by atoms with Crippen LogP contribution >= 0.6 is 0 Å². The van der Waals surface area contributed by atoms with Crippen LogP contribution in [0.25, 0.3) is 0 Å². The fraction of sp³-hybridized carbons (Fsp3) is 0.882. The molecule has 3 atom stereocenters. The van der Waals surface area contributed by atoms with Crippen LogP contribution in [0.5, 0.6) is 0 Å². The van der Waals surface area contributed by atoms with E-state index in [1.807, 2.05) is 25.7 Å². The smallest absolute Gasteiger partial charge is 0.246 e. The molecule has 0 aromatic rings. The van der Waals surface area contributed by atoms with E-state index in [4.69, 9.17) is 0 Å². The first-order valence-corrected chi connectivity index (χ1v) is 8.36. The Labute approximate surface area is 128 Å². The van der Waals surface area contributed by atoms with E-state index in [1.54, 1.807) is 0 Å². The van der Waals surface area contributed by atoms with Crippen LogP contribution in [0, 0.1) is 17.3 Å². The maximum Gasteiger partial charge on any atom is 0.246 e. The normalized spacial score (nSPS) is 28.5. The van der Waals surface area contributed by atoms with Crippen LogP contribution < -0.4 is 5.32 Å². The molecule has 0 aromatic heterocycles. The van der Waals surface area contributed by atoms with Crippen LogP contribution in [0.15, 0.2) is 0 Å². The summed E-state index contributed by atoms with van der Waals surface area (Å²) in [6.07, 6.45) is 4.52. The fourth-order valence-electron chi connectivity index (χ4n) is 3.09. The van der Waals surface area contributed by atoms with Crippen LogP contribution in [0.1, 0.15) is 60.3 Å². The molecule has 1 aliphatic heterocycles. The number of hydrogen-bond acceptors (Lipinski definition) is 2. The molecular formula is C17H30N2O2. The van der Waals surface area contributed by atoms with Gasteiger partial charge in [0, 0.05) is 6.54 Å². The van der Waals surface area contributed by atoms with Crippen molar-refractivity contribution >= 4 is 11.8 Å². The third-order valence-corrected chi connectivity index (χ3v) is 4.95. The molecule has 1 heterocycles. The Balaban J connectivity index is 2.19. The molecular weight excluding hydrogens is 264 g/mol. The standard InChI is InChI=1S/C17H30N2O2/c1-6-11(2)13-15(20)18-14(17(3,4)5)16(21)19(13)10-9-12-7-8-12/h11-14H,6-10H2,1-5H3,(H,18,20). The van der Waals surface area contributed by atoms with Crippen molar-refractivity contribution in [1.82, 2.24) is 10.2 Å². The summed E-state index contributed by atoms with van der Waals surface area (Å²) in [6, 6.07) is -0.690. The predicted molar refractivity (Wildman–Crippen MR) is 83.7 cm³/mol. The van der Waals surface area contributed by atoms with Gasteiger partial charge < -0.3 is 10.2 Å². The summed E-state index contributed by atoms with van der Waals surface area (Å²) in [5.41, 5.74) is -0.245. The van der Waals surface area contributed by atoms with Crippen molar-refractivity contribution in [2.75, 3.05) is 6.54 Å². The van der Waals surface area contributed by atoms with Gasteiger partial charge in [0.25, 0.3) is 0 Å². The molecule has 2 fully saturated rings. The summed E-state index contributed by atoms with van der Waals surface area (Å²) in [6.45, 7) is 10.9. The maximum atomic E-state index is 12.9. The lowest BCUT2D eigenvalue weighted by Crippen LogP contribution is -2.68. The van der Waals surface area contributed by atoms with Crippen molar-refractivity contribution in [2.24, 2.45) is 17.3 Å². The molecule has 0 radical (unpaired) electrons. The van der Waals surface area contributed by atoms with E-state index in [1.165, 1.54) is 12.8 Å². The summed E-state index contributed by atoms with van der Waals surface area (Å²) in [7, 11) is 0. The van der Waals surface area contributed by atoms with Crippen molar-refractivity contribution in [2.45, 2.75) is 72.4 Å². The van der Waals surface area contributed by atoms with Gasteiger partial charge in [0.1, 0.15) is 12.1 Å². The highest BCUT2D eigenvalue weighted by molar-refractivity contribution is 5.97. The molecule has 4 nitrogen and oxygen atoms in total. The van der Waals surface area contributed by atoms with E-state index in [0.717, 1.165) is 25.3 Å². The van der Waals surface area contributed by atoms with Gasteiger partial charge in [0.2, 0.25) is 11.8 Å². The highest BCUT2D eigenvalue weighted by atomic mass is 16.2. The molecule has 2 amide bonds. The first-order chi connectivity index (χ1) is 9.75. The summed E-state index contributed by atoms with van der Waals surface area (Å²) in [5.74, 6) is 1.11. The fourth-order valence-corrected chi connectivity index (χ4v) is 3.09. The van der Waals surface area contributed by atoms with E-state index >= 15 is 0 Å². The minimum atomic E-state index is -0.399. The lowest BCUT2D eigenvalue weighted by Gasteiger charge is -2.45. The Morgan fingerprint density at radius 2 is 1.90 bits per heavy atom. The minimum absolute atomic E-state index is 0.0275. The molecule has 1 N–H and O–H groups in total. The molecule has 3 unspecified atom stereocenters. The first-order valence-electron chi connectivity index (χ1n) is 8.36. The number of carbonyl (C=O) groups is 2. The van der Waals surface area contributed by atoms with Crippen LogP contribution in [0.4, 0.5) is 0 Å². The van der Waals surface area contributed by atoms with Crippen molar-refractivity contribution in [3.63, 3.8) is 0 Å². The topological polar surface area (TPSA) is 49.4 Å². The van der Waals surface area contributed by atoms with Crippen LogP contribution in [0.3, 0.4) is 0 Å². The average Bonchev–Trinajstić information content (AvgIpc) is 3.21. The lowest BCUT2D eigenvalue weighted by atomic mass is 9.82. The maximum absolute atomic E-state index is 12.9. The molecule has 1 saturated carbocycles. The number of piperazine rings is 1.